The zero-order valence-electron chi connectivity index (χ0n) is 16.4. The Kier molecular flexibility index (Phi) is 6.46. The molecule has 1 amide bonds. The van der Waals surface area contributed by atoms with Gasteiger partial charge in [-0.15, -0.1) is 0 Å². The number of carbonyl (C=O) groups excluding carboxylic acids is 1. The van der Waals surface area contributed by atoms with Crippen LogP contribution >= 0.6 is 0 Å². The van der Waals surface area contributed by atoms with Gasteiger partial charge in [0.15, 0.2) is 0 Å². The predicted octanol–water partition coefficient (Wildman–Crippen LogP) is 2.83. The van der Waals surface area contributed by atoms with Crippen molar-refractivity contribution in [3.8, 4) is 5.69 Å². The molecule has 1 N–H and O–H groups in total. The number of hydrogen-bond acceptors (Lipinski definition) is 4. The van der Waals surface area contributed by atoms with Crippen LogP contribution in [0.25, 0.3) is 5.69 Å². The molecule has 0 saturated heterocycles. The molecule has 0 spiro atoms. The Morgan fingerprint density at radius 2 is 1.86 bits per heavy atom. The highest BCUT2D eigenvalue weighted by Gasteiger charge is 2.22. The second-order valence-corrected chi connectivity index (χ2v) is 8.34. The lowest BCUT2D eigenvalue weighted by Gasteiger charge is -2.18. The van der Waals surface area contributed by atoms with Crippen molar-refractivity contribution < 1.29 is 13.2 Å². The van der Waals surface area contributed by atoms with Crippen molar-refractivity contribution in [1.29, 1.82) is 0 Å². The van der Waals surface area contributed by atoms with Gasteiger partial charge in [-0.3, -0.25) is 4.79 Å². The van der Waals surface area contributed by atoms with Gasteiger partial charge in [0, 0.05) is 37.6 Å². The summed E-state index contributed by atoms with van der Waals surface area (Å²) in [6.07, 6.45) is 5.22. The van der Waals surface area contributed by atoms with E-state index >= 15 is 0 Å². The maximum Gasteiger partial charge on any atom is 0.251 e. The third-order valence-electron chi connectivity index (χ3n) is 4.65. The molecule has 1 aromatic heterocycles. The fourth-order valence-corrected chi connectivity index (χ4v) is 4.61. The summed E-state index contributed by atoms with van der Waals surface area (Å²) in [6.45, 7) is 4.63. The summed E-state index contributed by atoms with van der Waals surface area (Å²) in [5.74, 6) is -0.331. The number of benzene rings is 2. The predicted molar refractivity (Wildman–Crippen MR) is 111 cm³/mol. The van der Waals surface area contributed by atoms with Crippen LogP contribution in [-0.4, -0.2) is 41.3 Å². The van der Waals surface area contributed by atoms with E-state index in [-0.39, 0.29) is 10.8 Å². The first-order chi connectivity index (χ1) is 14.0. The lowest BCUT2D eigenvalue weighted by Crippen LogP contribution is -2.31. The Bertz CT molecular complexity index is 1070. The van der Waals surface area contributed by atoms with Gasteiger partial charge in [-0.25, -0.2) is 13.4 Å². The number of carbonyl (C=O) groups is 1. The number of para-hydroxylation sites is 1. The van der Waals surface area contributed by atoms with Crippen LogP contribution in [0.15, 0.2) is 72.1 Å². The fourth-order valence-electron chi connectivity index (χ4n) is 3.10. The zero-order valence-corrected chi connectivity index (χ0v) is 17.3. The maximum atomic E-state index is 12.7. The van der Waals surface area contributed by atoms with Crippen molar-refractivity contribution >= 4 is 15.9 Å². The average molecular weight is 413 g/mol. The number of hydrogen-bond donors (Lipinski definition) is 1. The summed E-state index contributed by atoms with van der Waals surface area (Å²) >= 11 is 0. The standard InChI is InChI=1S/C21H24N4O3S/c1-3-25(4-2)29(27,28)19-10-7-9-17(14-19)21(26)23-15-18-8-5-6-11-20(18)24-13-12-22-16-24/h5-14,16H,3-4,15H2,1-2H3,(H,23,26). The topological polar surface area (TPSA) is 84.3 Å². The molecule has 0 aliphatic carbocycles. The second kappa shape index (κ2) is 9.02. The van der Waals surface area contributed by atoms with E-state index in [0.717, 1.165) is 11.3 Å². The Morgan fingerprint density at radius 3 is 2.55 bits per heavy atom. The number of imidazole rings is 1. The molecule has 0 radical (unpaired) electrons. The van der Waals surface area contributed by atoms with Gasteiger partial charge in [-0.1, -0.05) is 38.1 Å². The third kappa shape index (κ3) is 4.55. The summed E-state index contributed by atoms with van der Waals surface area (Å²) in [5.41, 5.74) is 2.15. The molecule has 0 bridgehead atoms. The number of aromatic nitrogens is 2. The molecule has 0 aliphatic heterocycles. The van der Waals surface area contributed by atoms with E-state index in [2.05, 4.69) is 10.3 Å². The van der Waals surface area contributed by atoms with Gasteiger partial charge in [0.05, 0.1) is 16.9 Å². The second-order valence-electron chi connectivity index (χ2n) is 6.40. The lowest BCUT2D eigenvalue weighted by molar-refractivity contribution is 0.0950. The Balaban J connectivity index is 1.78. The van der Waals surface area contributed by atoms with Crippen LogP contribution in [0.2, 0.25) is 0 Å². The van der Waals surface area contributed by atoms with Crippen molar-refractivity contribution in [2.45, 2.75) is 25.3 Å². The van der Waals surface area contributed by atoms with Crippen LogP contribution in [0.3, 0.4) is 0 Å². The van der Waals surface area contributed by atoms with Crippen LogP contribution in [-0.2, 0) is 16.6 Å². The highest BCUT2D eigenvalue weighted by molar-refractivity contribution is 7.89. The van der Waals surface area contributed by atoms with Crippen molar-refractivity contribution in [2.24, 2.45) is 0 Å². The highest BCUT2D eigenvalue weighted by Crippen LogP contribution is 2.18. The molecule has 0 aliphatic rings. The number of nitrogens with one attached hydrogen (secondary N) is 1. The first-order valence-corrected chi connectivity index (χ1v) is 10.9. The van der Waals surface area contributed by atoms with Crippen LogP contribution in [0.1, 0.15) is 29.8 Å². The van der Waals surface area contributed by atoms with Crippen LogP contribution in [0.5, 0.6) is 0 Å². The summed E-state index contributed by atoms with van der Waals surface area (Å²) < 4.78 is 28.7. The summed E-state index contributed by atoms with van der Waals surface area (Å²) in [5, 5.41) is 2.87. The highest BCUT2D eigenvalue weighted by atomic mass is 32.2. The molecule has 1 heterocycles. The quantitative estimate of drug-likeness (QED) is 0.617. The van der Waals surface area contributed by atoms with Gasteiger partial charge >= 0.3 is 0 Å². The monoisotopic (exact) mass is 412 g/mol. The van der Waals surface area contributed by atoms with Gasteiger partial charge < -0.3 is 9.88 Å². The number of rotatable bonds is 8. The van der Waals surface area contributed by atoms with E-state index in [9.17, 15) is 13.2 Å². The zero-order chi connectivity index (χ0) is 20.9. The number of sulfonamides is 1. The number of nitrogens with zero attached hydrogens (tertiary/aromatic N) is 3. The van der Waals surface area contributed by atoms with Gasteiger partial charge in [0.2, 0.25) is 10.0 Å². The lowest BCUT2D eigenvalue weighted by atomic mass is 10.1. The minimum Gasteiger partial charge on any atom is -0.348 e. The molecule has 7 nitrogen and oxygen atoms in total. The molecule has 29 heavy (non-hydrogen) atoms. The van der Waals surface area contributed by atoms with Gasteiger partial charge in [0.25, 0.3) is 5.91 Å². The van der Waals surface area contributed by atoms with E-state index in [4.69, 9.17) is 0 Å². The van der Waals surface area contributed by atoms with E-state index < -0.39 is 10.0 Å². The van der Waals surface area contributed by atoms with Crippen molar-refractivity contribution in [2.75, 3.05) is 13.1 Å². The SMILES string of the molecule is CCN(CC)S(=O)(=O)c1cccc(C(=O)NCc2ccccc2-n2ccnc2)c1. The van der Waals surface area contributed by atoms with Crippen LogP contribution < -0.4 is 5.32 Å². The Morgan fingerprint density at radius 1 is 1.10 bits per heavy atom. The van der Waals surface area contributed by atoms with E-state index in [0.29, 0.717) is 25.2 Å². The first-order valence-electron chi connectivity index (χ1n) is 9.42. The summed E-state index contributed by atoms with van der Waals surface area (Å²) in [7, 11) is -3.62. The molecule has 2 aromatic carbocycles. The van der Waals surface area contributed by atoms with Gasteiger partial charge in [-0.2, -0.15) is 4.31 Å². The molecule has 8 heteroatoms. The Labute approximate surface area is 171 Å². The summed E-state index contributed by atoms with van der Waals surface area (Å²) in [4.78, 5) is 16.8. The minimum atomic E-state index is -3.62. The molecule has 0 atom stereocenters. The molecule has 152 valence electrons. The van der Waals surface area contributed by atoms with Crippen molar-refractivity contribution in [3.63, 3.8) is 0 Å². The molecule has 0 fully saturated rings. The smallest absolute Gasteiger partial charge is 0.251 e. The van der Waals surface area contributed by atoms with Gasteiger partial charge in [-0.05, 0) is 29.8 Å². The van der Waals surface area contributed by atoms with E-state index in [1.807, 2.05) is 35.0 Å². The molecule has 0 unspecified atom stereocenters. The largest absolute Gasteiger partial charge is 0.348 e. The Hall–Kier alpha value is -2.97. The van der Waals surface area contributed by atoms with E-state index in [1.54, 1.807) is 38.5 Å². The molecule has 3 rings (SSSR count). The molecular weight excluding hydrogens is 388 g/mol. The third-order valence-corrected chi connectivity index (χ3v) is 6.70. The normalized spacial score (nSPS) is 11.6. The van der Waals surface area contributed by atoms with Crippen LogP contribution in [0.4, 0.5) is 0 Å². The molecule has 3 aromatic rings. The minimum absolute atomic E-state index is 0.118. The maximum absolute atomic E-state index is 12.7. The van der Waals surface area contributed by atoms with Crippen molar-refractivity contribution in [1.82, 2.24) is 19.2 Å². The van der Waals surface area contributed by atoms with Gasteiger partial charge in [0.1, 0.15) is 0 Å². The fraction of sp³-hybridized carbons (Fsp3) is 0.238. The first kappa shape index (κ1) is 20.8. The van der Waals surface area contributed by atoms with Crippen molar-refractivity contribution in [3.05, 3.63) is 78.4 Å². The average Bonchev–Trinajstić information content (AvgIpc) is 3.28. The van der Waals surface area contributed by atoms with Crippen LogP contribution in [0, 0.1) is 0 Å². The van der Waals surface area contributed by atoms with E-state index in [1.165, 1.54) is 16.4 Å². The summed E-state index contributed by atoms with van der Waals surface area (Å²) in [6, 6.07) is 13.8. The molecule has 0 saturated carbocycles. The number of amides is 1. The molecular formula is C21H24N4O3S.